The molecule has 0 aliphatic carbocycles. The molecule has 2 rings (SSSR count). The van der Waals surface area contributed by atoms with Crippen LogP contribution < -0.4 is 10.2 Å². The summed E-state index contributed by atoms with van der Waals surface area (Å²) in [6.45, 7) is 7.94. The number of nitrogens with zero attached hydrogens (tertiary/aromatic N) is 1. The summed E-state index contributed by atoms with van der Waals surface area (Å²) in [6.07, 6.45) is 2.61. The number of rotatable bonds is 3. The van der Waals surface area contributed by atoms with E-state index in [9.17, 15) is 0 Å². The van der Waals surface area contributed by atoms with E-state index in [1.165, 1.54) is 24.1 Å². The molecule has 1 saturated heterocycles. The maximum Gasteiger partial charge on any atom is 0.0474 e. The number of halogens is 1. The van der Waals surface area contributed by atoms with Gasteiger partial charge in [-0.25, -0.2) is 0 Å². The average molecular weight is 281 g/mol. The Morgan fingerprint density at radius 2 is 2.11 bits per heavy atom. The van der Waals surface area contributed by atoms with E-state index in [1.54, 1.807) is 0 Å². The minimum atomic E-state index is 0.291. The van der Waals surface area contributed by atoms with E-state index >= 15 is 0 Å². The molecule has 1 aliphatic rings. The van der Waals surface area contributed by atoms with E-state index < -0.39 is 0 Å². The van der Waals surface area contributed by atoms with Gasteiger partial charge in [-0.3, -0.25) is 0 Å². The Labute approximate surface area is 122 Å². The van der Waals surface area contributed by atoms with Crippen molar-refractivity contribution in [1.82, 2.24) is 5.32 Å². The van der Waals surface area contributed by atoms with Crippen LogP contribution in [0.1, 0.15) is 45.2 Å². The van der Waals surface area contributed by atoms with Gasteiger partial charge in [0.15, 0.2) is 0 Å². The van der Waals surface area contributed by atoms with E-state index in [0.717, 1.165) is 17.5 Å². The molecule has 1 N–H and O–H groups in total. The van der Waals surface area contributed by atoms with E-state index in [-0.39, 0.29) is 0 Å². The molecule has 0 amide bonds. The molecule has 0 spiro atoms. The summed E-state index contributed by atoms with van der Waals surface area (Å²) in [5.41, 5.74) is 2.43. The van der Waals surface area contributed by atoms with Gasteiger partial charge in [0.25, 0.3) is 0 Å². The van der Waals surface area contributed by atoms with Crippen LogP contribution in [0.5, 0.6) is 0 Å². The van der Waals surface area contributed by atoms with Gasteiger partial charge in [0, 0.05) is 29.3 Å². The number of piperidine rings is 1. The average Bonchev–Trinajstić information content (AvgIpc) is 2.41. The Balaban J connectivity index is 2.24. The largest absolute Gasteiger partial charge is 0.369 e. The van der Waals surface area contributed by atoms with E-state index in [1.807, 2.05) is 7.05 Å². The molecule has 1 aliphatic heterocycles. The van der Waals surface area contributed by atoms with Crippen molar-refractivity contribution < 1.29 is 0 Å². The predicted octanol–water partition coefficient (Wildman–Crippen LogP) is 4.25. The van der Waals surface area contributed by atoms with Gasteiger partial charge < -0.3 is 10.2 Å². The van der Waals surface area contributed by atoms with Crippen molar-refractivity contribution in [3.8, 4) is 0 Å². The van der Waals surface area contributed by atoms with Gasteiger partial charge in [-0.1, -0.05) is 24.6 Å². The lowest BCUT2D eigenvalue weighted by molar-refractivity contribution is 0.363. The summed E-state index contributed by atoms with van der Waals surface area (Å²) in [6, 6.07) is 7.38. The van der Waals surface area contributed by atoms with Gasteiger partial charge in [-0.05, 0) is 57.4 Å². The molecule has 0 radical (unpaired) electrons. The van der Waals surface area contributed by atoms with Crippen molar-refractivity contribution in [2.24, 2.45) is 5.92 Å². The minimum absolute atomic E-state index is 0.291. The van der Waals surface area contributed by atoms with Gasteiger partial charge in [-0.15, -0.1) is 0 Å². The number of anilines is 1. The summed E-state index contributed by atoms with van der Waals surface area (Å²) in [4.78, 5) is 2.49. The van der Waals surface area contributed by atoms with Crippen LogP contribution >= 0.6 is 11.6 Å². The highest BCUT2D eigenvalue weighted by molar-refractivity contribution is 6.31. The molecule has 3 atom stereocenters. The molecule has 1 heterocycles. The third kappa shape index (κ3) is 3.06. The van der Waals surface area contributed by atoms with Gasteiger partial charge in [-0.2, -0.15) is 0 Å². The van der Waals surface area contributed by atoms with Crippen LogP contribution in [-0.2, 0) is 0 Å². The van der Waals surface area contributed by atoms with Crippen molar-refractivity contribution in [1.29, 1.82) is 0 Å². The van der Waals surface area contributed by atoms with Gasteiger partial charge in [0.2, 0.25) is 0 Å². The van der Waals surface area contributed by atoms with Crippen LogP contribution in [0.25, 0.3) is 0 Å². The minimum Gasteiger partial charge on any atom is -0.369 e. The fourth-order valence-corrected chi connectivity index (χ4v) is 3.24. The lowest BCUT2D eigenvalue weighted by Crippen LogP contribution is -2.42. The molecule has 19 heavy (non-hydrogen) atoms. The molecule has 2 nitrogen and oxygen atoms in total. The highest BCUT2D eigenvalue weighted by atomic mass is 35.5. The zero-order chi connectivity index (χ0) is 14.0. The second kappa shape index (κ2) is 6.15. The summed E-state index contributed by atoms with van der Waals surface area (Å²) in [5.74, 6) is 0.753. The van der Waals surface area contributed by atoms with Crippen LogP contribution in [0.15, 0.2) is 18.2 Å². The Bertz CT molecular complexity index is 433. The zero-order valence-corrected chi connectivity index (χ0v) is 13.2. The Kier molecular flexibility index (Phi) is 4.75. The van der Waals surface area contributed by atoms with Crippen molar-refractivity contribution in [2.45, 2.75) is 45.7 Å². The second-order valence-corrected chi connectivity index (χ2v) is 6.18. The molecular weight excluding hydrogens is 256 g/mol. The van der Waals surface area contributed by atoms with Gasteiger partial charge >= 0.3 is 0 Å². The van der Waals surface area contributed by atoms with Crippen molar-refractivity contribution >= 4 is 17.3 Å². The molecule has 106 valence electrons. The van der Waals surface area contributed by atoms with Crippen molar-refractivity contribution in [3.05, 3.63) is 28.8 Å². The normalized spacial score (nSPS) is 25.4. The van der Waals surface area contributed by atoms with E-state index in [0.29, 0.717) is 12.1 Å². The van der Waals surface area contributed by atoms with Crippen LogP contribution in [0.4, 0.5) is 5.69 Å². The molecule has 0 saturated carbocycles. The standard InChI is InChI=1S/C16H25ClN2/c1-11-6-5-9-19(13(11)3)14-7-8-15(12(2)18-4)16(17)10-14/h7-8,10-13,18H,5-6,9H2,1-4H3. The molecule has 0 bridgehead atoms. The smallest absolute Gasteiger partial charge is 0.0474 e. The van der Waals surface area contributed by atoms with Crippen LogP contribution in [-0.4, -0.2) is 19.6 Å². The monoisotopic (exact) mass is 280 g/mol. The highest BCUT2D eigenvalue weighted by Crippen LogP contribution is 2.32. The molecule has 1 aromatic rings. The predicted molar refractivity (Wildman–Crippen MR) is 84.1 cm³/mol. The Hall–Kier alpha value is -0.730. The van der Waals surface area contributed by atoms with Crippen LogP contribution in [0, 0.1) is 5.92 Å². The number of hydrogen-bond acceptors (Lipinski definition) is 2. The van der Waals surface area contributed by atoms with Gasteiger partial charge in [0.05, 0.1) is 0 Å². The quantitative estimate of drug-likeness (QED) is 0.891. The maximum absolute atomic E-state index is 6.44. The first kappa shape index (κ1) is 14.7. The molecule has 3 heteroatoms. The Morgan fingerprint density at radius 1 is 1.37 bits per heavy atom. The SMILES string of the molecule is CNC(C)c1ccc(N2CCCC(C)C2C)cc1Cl. The number of benzene rings is 1. The molecule has 1 aromatic carbocycles. The van der Waals surface area contributed by atoms with Crippen LogP contribution in [0.2, 0.25) is 5.02 Å². The fraction of sp³-hybridized carbons (Fsp3) is 0.625. The summed E-state index contributed by atoms with van der Waals surface area (Å²) >= 11 is 6.44. The highest BCUT2D eigenvalue weighted by Gasteiger charge is 2.25. The first-order chi connectivity index (χ1) is 9.04. The summed E-state index contributed by atoms with van der Waals surface area (Å²) in [5, 5.41) is 4.10. The fourth-order valence-electron chi connectivity index (χ4n) is 2.90. The topological polar surface area (TPSA) is 15.3 Å². The summed E-state index contributed by atoms with van der Waals surface area (Å²) in [7, 11) is 1.96. The third-order valence-electron chi connectivity index (χ3n) is 4.59. The van der Waals surface area contributed by atoms with E-state index in [4.69, 9.17) is 11.6 Å². The molecular formula is C16H25ClN2. The second-order valence-electron chi connectivity index (χ2n) is 5.77. The van der Waals surface area contributed by atoms with Crippen molar-refractivity contribution in [3.63, 3.8) is 0 Å². The van der Waals surface area contributed by atoms with Crippen molar-refractivity contribution in [2.75, 3.05) is 18.5 Å². The first-order valence-corrected chi connectivity index (χ1v) is 7.65. The summed E-state index contributed by atoms with van der Waals surface area (Å²) < 4.78 is 0. The molecule has 0 aromatic heterocycles. The molecule has 3 unspecified atom stereocenters. The zero-order valence-electron chi connectivity index (χ0n) is 12.4. The third-order valence-corrected chi connectivity index (χ3v) is 4.92. The Morgan fingerprint density at radius 3 is 2.74 bits per heavy atom. The van der Waals surface area contributed by atoms with E-state index in [2.05, 4.69) is 49.2 Å². The lowest BCUT2D eigenvalue weighted by Gasteiger charge is -2.40. The van der Waals surface area contributed by atoms with Gasteiger partial charge in [0.1, 0.15) is 0 Å². The lowest BCUT2D eigenvalue weighted by atomic mass is 9.91. The van der Waals surface area contributed by atoms with Crippen LogP contribution in [0.3, 0.4) is 0 Å². The first-order valence-electron chi connectivity index (χ1n) is 7.28. The molecule has 1 fully saturated rings. The number of hydrogen-bond donors (Lipinski definition) is 1. The maximum atomic E-state index is 6.44. The number of nitrogens with one attached hydrogen (secondary N) is 1.